The second-order valence-corrected chi connectivity index (χ2v) is 6.34. The van der Waals surface area contributed by atoms with Gasteiger partial charge < -0.3 is 34.8 Å². The first-order chi connectivity index (χ1) is 11.9. The number of benzene rings is 1. The number of hydrogen-bond donors (Lipinski definition) is 4. The Kier molecular flexibility index (Phi) is 3.60. The summed E-state index contributed by atoms with van der Waals surface area (Å²) in [5.74, 6) is -2.35. The van der Waals surface area contributed by atoms with E-state index in [9.17, 15) is 24.9 Å². The molecule has 25 heavy (non-hydrogen) atoms. The maximum atomic E-state index is 12.4. The highest BCUT2D eigenvalue weighted by molar-refractivity contribution is 5.99. The van der Waals surface area contributed by atoms with Gasteiger partial charge in [-0.1, -0.05) is 0 Å². The Balaban J connectivity index is 1.88. The number of rotatable bonds is 1. The molecule has 2 aliphatic heterocycles. The van der Waals surface area contributed by atoms with E-state index < -0.39 is 48.1 Å². The van der Waals surface area contributed by atoms with Gasteiger partial charge >= 0.3 is 5.97 Å². The number of ether oxygens (including phenoxy) is 3. The van der Waals surface area contributed by atoms with E-state index in [-0.39, 0.29) is 12.4 Å². The lowest BCUT2D eigenvalue weighted by atomic mass is 9.65. The van der Waals surface area contributed by atoms with Crippen LogP contribution in [0.3, 0.4) is 0 Å². The fourth-order valence-corrected chi connectivity index (χ4v) is 3.92. The minimum atomic E-state index is -1.60. The average Bonchev–Trinajstić information content (AvgIpc) is 3.06. The zero-order valence-corrected chi connectivity index (χ0v) is 13.2. The second kappa shape index (κ2) is 5.58. The lowest BCUT2D eigenvalue weighted by Crippen LogP contribution is -2.66. The Morgan fingerprint density at radius 1 is 1.16 bits per heavy atom. The maximum Gasteiger partial charge on any atom is 0.312 e. The quantitative estimate of drug-likeness (QED) is 0.449. The first-order valence-electron chi connectivity index (χ1n) is 7.80. The van der Waals surface area contributed by atoms with Gasteiger partial charge in [-0.3, -0.25) is 9.59 Å². The Morgan fingerprint density at radius 3 is 2.52 bits per heavy atom. The van der Waals surface area contributed by atoms with Crippen LogP contribution in [-0.4, -0.2) is 65.5 Å². The molecule has 0 bridgehead atoms. The zero-order chi connectivity index (χ0) is 17.9. The van der Waals surface area contributed by atoms with E-state index in [0.717, 1.165) is 0 Å². The van der Waals surface area contributed by atoms with E-state index in [0.29, 0.717) is 17.1 Å². The van der Waals surface area contributed by atoms with Crippen molar-refractivity contribution in [1.82, 2.24) is 5.32 Å². The van der Waals surface area contributed by atoms with Crippen LogP contribution in [0.2, 0.25) is 0 Å². The van der Waals surface area contributed by atoms with Crippen molar-refractivity contribution in [3.8, 4) is 11.5 Å². The number of methoxy groups -OCH3 is 1. The van der Waals surface area contributed by atoms with Gasteiger partial charge in [-0.15, -0.1) is 0 Å². The van der Waals surface area contributed by atoms with Crippen LogP contribution in [0.4, 0.5) is 0 Å². The standard InChI is InChI=1S/C16H17NO8/c1-23-16(22)10-9-5-2-7-8(25-4-24-7)3-6(5)15(21)17-11(9)13(19)14(20)12(10)18/h2-3,9-14,18-20H,4H2,1H3,(H,17,21). The molecule has 6 unspecified atom stereocenters. The van der Waals surface area contributed by atoms with Crippen molar-refractivity contribution in [2.24, 2.45) is 5.92 Å². The van der Waals surface area contributed by atoms with E-state index >= 15 is 0 Å². The van der Waals surface area contributed by atoms with Gasteiger partial charge in [-0.2, -0.15) is 0 Å². The highest BCUT2D eigenvalue weighted by Crippen LogP contribution is 2.46. The van der Waals surface area contributed by atoms with Gasteiger partial charge in [0, 0.05) is 11.5 Å². The van der Waals surface area contributed by atoms with Crippen molar-refractivity contribution in [2.75, 3.05) is 13.9 Å². The van der Waals surface area contributed by atoms with E-state index in [1.807, 2.05) is 0 Å². The average molecular weight is 351 g/mol. The molecule has 3 aliphatic rings. The highest BCUT2D eigenvalue weighted by atomic mass is 16.7. The van der Waals surface area contributed by atoms with E-state index in [2.05, 4.69) is 5.32 Å². The summed E-state index contributed by atoms with van der Waals surface area (Å²) in [6, 6.07) is 2.12. The molecule has 1 amide bonds. The second-order valence-electron chi connectivity index (χ2n) is 6.34. The Labute approximate surface area is 142 Å². The molecule has 0 aromatic heterocycles. The Hall–Kier alpha value is -2.36. The highest BCUT2D eigenvalue weighted by Gasteiger charge is 2.56. The molecule has 2 heterocycles. The van der Waals surface area contributed by atoms with Gasteiger partial charge in [0.05, 0.1) is 25.2 Å². The molecule has 1 aliphatic carbocycles. The lowest BCUT2D eigenvalue weighted by Gasteiger charge is -2.47. The largest absolute Gasteiger partial charge is 0.469 e. The van der Waals surface area contributed by atoms with E-state index in [1.54, 1.807) is 6.07 Å². The minimum absolute atomic E-state index is 0.0122. The molecule has 1 aromatic rings. The summed E-state index contributed by atoms with van der Waals surface area (Å²) in [6.07, 6.45) is -4.58. The zero-order valence-electron chi connectivity index (χ0n) is 13.2. The van der Waals surface area contributed by atoms with Crippen LogP contribution in [0.5, 0.6) is 11.5 Å². The summed E-state index contributed by atoms with van der Waals surface area (Å²) in [4.78, 5) is 24.7. The summed E-state index contributed by atoms with van der Waals surface area (Å²) in [5.41, 5.74) is 0.689. The smallest absolute Gasteiger partial charge is 0.312 e. The summed E-state index contributed by atoms with van der Waals surface area (Å²) in [6.45, 7) is 0.0122. The van der Waals surface area contributed by atoms with Crippen molar-refractivity contribution in [3.05, 3.63) is 23.3 Å². The minimum Gasteiger partial charge on any atom is -0.469 e. The third-order valence-electron chi connectivity index (χ3n) is 5.13. The molecule has 0 spiro atoms. The number of nitrogens with one attached hydrogen (secondary N) is 1. The first-order valence-corrected chi connectivity index (χ1v) is 7.80. The summed E-state index contributed by atoms with van der Waals surface area (Å²) in [7, 11) is 1.17. The van der Waals surface area contributed by atoms with Gasteiger partial charge in [0.15, 0.2) is 11.5 Å². The number of amides is 1. The fourth-order valence-electron chi connectivity index (χ4n) is 3.92. The Bertz CT molecular complexity index is 750. The monoisotopic (exact) mass is 351 g/mol. The normalized spacial score (nSPS) is 35.4. The number of carbonyl (C=O) groups is 2. The lowest BCUT2D eigenvalue weighted by molar-refractivity contribution is -0.170. The van der Waals surface area contributed by atoms with Gasteiger partial charge in [0.25, 0.3) is 5.91 Å². The topological polar surface area (TPSA) is 135 Å². The molecule has 9 heteroatoms. The van der Waals surface area contributed by atoms with Crippen molar-refractivity contribution >= 4 is 11.9 Å². The van der Waals surface area contributed by atoms with Crippen molar-refractivity contribution in [2.45, 2.75) is 30.3 Å². The molecular weight excluding hydrogens is 334 g/mol. The van der Waals surface area contributed by atoms with Gasteiger partial charge in [0.1, 0.15) is 12.2 Å². The number of hydrogen-bond acceptors (Lipinski definition) is 8. The molecule has 1 aromatic carbocycles. The van der Waals surface area contributed by atoms with Crippen molar-refractivity contribution < 1.29 is 39.1 Å². The maximum absolute atomic E-state index is 12.4. The van der Waals surface area contributed by atoms with Gasteiger partial charge in [-0.05, 0) is 17.7 Å². The number of carbonyl (C=O) groups excluding carboxylic acids is 2. The first kappa shape index (κ1) is 16.1. The molecular formula is C16H17NO8. The number of esters is 1. The van der Waals surface area contributed by atoms with Gasteiger partial charge in [-0.25, -0.2) is 0 Å². The van der Waals surface area contributed by atoms with Crippen LogP contribution < -0.4 is 14.8 Å². The van der Waals surface area contributed by atoms with Crippen molar-refractivity contribution in [3.63, 3.8) is 0 Å². The molecule has 0 radical (unpaired) electrons. The molecule has 1 saturated carbocycles. The predicted molar refractivity (Wildman–Crippen MR) is 80.1 cm³/mol. The number of fused-ring (bicyclic) bond motifs is 4. The fraction of sp³-hybridized carbons (Fsp3) is 0.500. The Morgan fingerprint density at radius 2 is 1.84 bits per heavy atom. The summed E-state index contributed by atoms with van der Waals surface area (Å²) >= 11 is 0. The van der Waals surface area contributed by atoms with Crippen LogP contribution in [0.25, 0.3) is 0 Å². The van der Waals surface area contributed by atoms with Gasteiger partial charge in [0.2, 0.25) is 6.79 Å². The number of aliphatic hydroxyl groups is 3. The SMILES string of the molecule is COC(=O)C1C(O)C(O)C(O)C2NC(=O)c3cc4c(cc3C21)OCO4. The molecule has 1 fully saturated rings. The van der Waals surface area contributed by atoms with E-state index in [4.69, 9.17) is 14.2 Å². The van der Waals surface area contributed by atoms with E-state index in [1.165, 1.54) is 13.2 Å². The molecule has 6 atom stereocenters. The van der Waals surface area contributed by atoms with Crippen LogP contribution >= 0.6 is 0 Å². The third-order valence-corrected chi connectivity index (χ3v) is 5.13. The van der Waals surface area contributed by atoms with Crippen LogP contribution in [0.15, 0.2) is 12.1 Å². The molecule has 4 rings (SSSR count). The van der Waals surface area contributed by atoms with Crippen molar-refractivity contribution in [1.29, 1.82) is 0 Å². The van der Waals surface area contributed by atoms with Crippen LogP contribution in [-0.2, 0) is 9.53 Å². The molecule has 4 N–H and O–H groups in total. The van der Waals surface area contributed by atoms with Crippen LogP contribution in [0.1, 0.15) is 21.8 Å². The third kappa shape index (κ3) is 2.20. The predicted octanol–water partition coefficient (Wildman–Crippen LogP) is -1.50. The molecule has 134 valence electrons. The number of aliphatic hydroxyl groups excluding tert-OH is 3. The summed E-state index contributed by atoms with van der Waals surface area (Å²) < 4.78 is 15.4. The molecule has 9 nitrogen and oxygen atoms in total. The molecule has 0 saturated heterocycles. The summed E-state index contributed by atoms with van der Waals surface area (Å²) in [5, 5.41) is 33.4. The van der Waals surface area contributed by atoms with Crippen LogP contribution in [0, 0.1) is 5.92 Å².